The third-order valence-electron chi connectivity index (χ3n) is 5.87. The van der Waals surface area contributed by atoms with Crippen molar-refractivity contribution >= 4 is 40.2 Å². The molecule has 0 aliphatic carbocycles. The third-order valence-corrected chi connectivity index (χ3v) is 6.96. The van der Waals surface area contributed by atoms with Crippen molar-refractivity contribution < 1.29 is 4.79 Å². The summed E-state index contributed by atoms with van der Waals surface area (Å²) < 4.78 is 0. The molecule has 1 amide bonds. The predicted molar refractivity (Wildman–Crippen MR) is 149 cm³/mol. The topological polar surface area (TPSA) is 79.8 Å². The summed E-state index contributed by atoms with van der Waals surface area (Å²) in [6, 6.07) is 29.7. The zero-order valence-electron chi connectivity index (χ0n) is 20.7. The summed E-state index contributed by atoms with van der Waals surface area (Å²) >= 11 is 1.62. The maximum Gasteiger partial charge on any atom is 0.251 e. The van der Waals surface area contributed by atoms with Crippen LogP contribution >= 0.6 is 11.8 Å². The highest BCUT2D eigenvalue weighted by molar-refractivity contribution is 7.99. The standard InChI is InChI=1S/C30H27N5OS/c1-20(2)25-15-14-24-28(34-25)32-19-33-29(24)35-26-17-22(30(36)31-18-21-9-5-3-6-10-21)13-16-27(26)37-23-11-7-4-8-12-23/h3-17,19-20H,18H2,1-2H3,(H,31,36)(H,32,33,34,35). The van der Waals surface area contributed by atoms with Gasteiger partial charge in [0.05, 0.1) is 11.1 Å². The number of amides is 1. The number of aromatic nitrogens is 3. The van der Waals surface area contributed by atoms with Crippen LogP contribution in [0.4, 0.5) is 11.5 Å². The molecule has 2 heterocycles. The summed E-state index contributed by atoms with van der Waals surface area (Å²) in [6.45, 7) is 4.68. The van der Waals surface area contributed by atoms with Gasteiger partial charge in [-0.3, -0.25) is 4.79 Å². The lowest BCUT2D eigenvalue weighted by atomic mass is 10.1. The van der Waals surface area contributed by atoms with Crippen LogP contribution < -0.4 is 10.6 Å². The lowest BCUT2D eigenvalue weighted by Crippen LogP contribution is -2.22. The number of rotatable bonds is 8. The van der Waals surface area contributed by atoms with Crippen molar-refractivity contribution in [3.8, 4) is 0 Å². The van der Waals surface area contributed by atoms with E-state index in [9.17, 15) is 4.79 Å². The molecule has 0 aliphatic rings. The summed E-state index contributed by atoms with van der Waals surface area (Å²) in [5.74, 6) is 0.805. The van der Waals surface area contributed by atoms with Crippen LogP contribution in [0.5, 0.6) is 0 Å². The molecule has 0 radical (unpaired) electrons. The summed E-state index contributed by atoms with van der Waals surface area (Å²) in [6.07, 6.45) is 1.52. The van der Waals surface area contributed by atoms with Crippen molar-refractivity contribution in [3.05, 3.63) is 114 Å². The van der Waals surface area contributed by atoms with E-state index in [4.69, 9.17) is 4.98 Å². The fourth-order valence-corrected chi connectivity index (χ4v) is 4.76. The molecule has 0 saturated heterocycles. The summed E-state index contributed by atoms with van der Waals surface area (Å²) in [4.78, 5) is 28.7. The normalized spacial score (nSPS) is 11.0. The molecule has 37 heavy (non-hydrogen) atoms. The number of pyridine rings is 1. The van der Waals surface area contributed by atoms with Gasteiger partial charge in [0.15, 0.2) is 5.65 Å². The first-order chi connectivity index (χ1) is 18.1. The largest absolute Gasteiger partial charge is 0.348 e. The molecule has 0 spiro atoms. The van der Waals surface area contributed by atoms with E-state index in [1.54, 1.807) is 11.8 Å². The van der Waals surface area contributed by atoms with Gasteiger partial charge in [0.2, 0.25) is 0 Å². The predicted octanol–water partition coefficient (Wildman–Crippen LogP) is 6.97. The van der Waals surface area contributed by atoms with Gasteiger partial charge < -0.3 is 10.6 Å². The van der Waals surface area contributed by atoms with E-state index in [1.807, 2.05) is 78.9 Å². The number of hydrogen-bond acceptors (Lipinski definition) is 6. The lowest BCUT2D eigenvalue weighted by Gasteiger charge is -2.15. The van der Waals surface area contributed by atoms with Crippen LogP contribution in [0, 0.1) is 0 Å². The Morgan fingerprint density at radius 3 is 2.41 bits per heavy atom. The maximum absolute atomic E-state index is 13.0. The van der Waals surface area contributed by atoms with Crippen LogP contribution in [0.15, 0.2) is 107 Å². The van der Waals surface area contributed by atoms with Crippen molar-refractivity contribution in [2.75, 3.05) is 5.32 Å². The van der Waals surface area contributed by atoms with Gasteiger partial charge in [-0.15, -0.1) is 0 Å². The van der Waals surface area contributed by atoms with E-state index in [-0.39, 0.29) is 5.91 Å². The van der Waals surface area contributed by atoms with Gasteiger partial charge >= 0.3 is 0 Å². The summed E-state index contributed by atoms with van der Waals surface area (Å²) in [5, 5.41) is 7.30. The average Bonchev–Trinajstić information content (AvgIpc) is 2.93. The number of nitrogens with one attached hydrogen (secondary N) is 2. The fourth-order valence-electron chi connectivity index (χ4n) is 3.86. The molecule has 0 fully saturated rings. The fraction of sp³-hybridized carbons (Fsp3) is 0.133. The number of carbonyl (C=O) groups excluding carboxylic acids is 1. The Kier molecular flexibility index (Phi) is 7.42. The second kappa shape index (κ2) is 11.2. The Labute approximate surface area is 220 Å². The van der Waals surface area contributed by atoms with E-state index < -0.39 is 0 Å². The highest BCUT2D eigenvalue weighted by Gasteiger charge is 2.14. The molecule has 0 saturated carbocycles. The Balaban J connectivity index is 1.47. The van der Waals surface area contributed by atoms with Crippen molar-refractivity contribution in [2.45, 2.75) is 36.1 Å². The van der Waals surface area contributed by atoms with E-state index in [0.29, 0.717) is 29.5 Å². The van der Waals surface area contributed by atoms with E-state index in [0.717, 1.165) is 32.1 Å². The Hall–Kier alpha value is -4.23. The molecular formula is C30H27N5OS. The Bertz CT molecular complexity index is 1520. The second-order valence-electron chi connectivity index (χ2n) is 8.90. The minimum absolute atomic E-state index is 0.140. The van der Waals surface area contributed by atoms with Gasteiger partial charge in [0.25, 0.3) is 5.91 Å². The molecule has 0 bridgehead atoms. The number of nitrogens with zero attached hydrogens (tertiary/aromatic N) is 3. The SMILES string of the molecule is CC(C)c1ccc2c(Nc3cc(C(=O)NCc4ccccc4)ccc3Sc3ccccc3)ncnc2n1. The second-order valence-corrected chi connectivity index (χ2v) is 10.0. The van der Waals surface area contributed by atoms with Crippen LogP contribution in [0.3, 0.4) is 0 Å². The number of carbonyl (C=O) groups is 1. The van der Waals surface area contributed by atoms with Crippen molar-refractivity contribution in [2.24, 2.45) is 0 Å². The Morgan fingerprint density at radius 2 is 1.65 bits per heavy atom. The van der Waals surface area contributed by atoms with Crippen LogP contribution in [0.1, 0.15) is 41.4 Å². The summed E-state index contributed by atoms with van der Waals surface area (Å²) in [7, 11) is 0. The first-order valence-electron chi connectivity index (χ1n) is 12.1. The van der Waals surface area contributed by atoms with Gasteiger partial charge in [0.1, 0.15) is 12.1 Å². The highest BCUT2D eigenvalue weighted by atomic mass is 32.2. The van der Waals surface area contributed by atoms with Gasteiger partial charge in [-0.25, -0.2) is 15.0 Å². The minimum atomic E-state index is -0.140. The van der Waals surface area contributed by atoms with E-state index in [1.165, 1.54) is 6.33 Å². The molecule has 0 unspecified atom stereocenters. The molecule has 7 heteroatoms. The first-order valence-corrected chi connectivity index (χ1v) is 13.0. The van der Waals surface area contributed by atoms with Crippen molar-refractivity contribution in [1.82, 2.24) is 20.3 Å². The molecule has 2 N–H and O–H groups in total. The molecule has 5 aromatic rings. The Morgan fingerprint density at radius 1 is 0.892 bits per heavy atom. The van der Waals surface area contributed by atoms with Gasteiger partial charge in [0, 0.05) is 27.6 Å². The molecule has 3 aromatic carbocycles. The van der Waals surface area contributed by atoms with E-state index >= 15 is 0 Å². The maximum atomic E-state index is 13.0. The van der Waals surface area contributed by atoms with Gasteiger partial charge in [-0.2, -0.15) is 0 Å². The first kappa shape index (κ1) is 24.5. The minimum Gasteiger partial charge on any atom is -0.348 e. The molecule has 184 valence electrons. The molecule has 2 aromatic heterocycles. The lowest BCUT2D eigenvalue weighted by molar-refractivity contribution is 0.0951. The highest BCUT2D eigenvalue weighted by Crippen LogP contribution is 2.36. The van der Waals surface area contributed by atoms with Crippen molar-refractivity contribution in [3.63, 3.8) is 0 Å². The van der Waals surface area contributed by atoms with Gasteiger partial charge in [-0.1, -0.05) is 74.1 Å². The van der Waals surface area contributed by atoms with Crippen LogP contribution in [-0.4, -0.2) is 20.9 Å². The number of anilines is 2. The molecular weight excluding hydrogens is 478 g/mol. The quantitative estimate of drug-likeness (QED) is 0.237. The van der Waals surface area contributed by atoms with Crippen molar-refractivity contribution in [1.29, 1.82) is 0 Å². The van der Waals surface area contributed by atoms with E-state index in [2.05, 4.69) is 46.6 Å². The number of fused-ring (bicyclic) bond motifs is 1. The zero-order valence-corrected chi connectivity index (χ0v) is 21.5. The summed E-state index contributed by atoms with van der Waals surface area (Å²) in [5.41, 5.74) is 4.02. The van der Waals surface area contributed by atoms with Crippen LogP contribution in [0.2, 0.25) is 0 Å². The molecule has 5 rings (SSSR count). The average molecular weight is 506 g/mol. The van der Waals surface area contributed by atoms with Crippen LogP contribution in [0.25, 0.3) is 11.0 Å². The van der Waals surface area contributed by atoms with Crippen LogP contribution in [-0.2, 0) is 6.54 Å². The monoisotopic (exact) mass is 505 g/mol. The smallest absolute Gasteiger partial charge is 0.251 e. The molecule has 0 aliphatic heterocycles. The number of benzene rings is 3. The number of hydrogen-bond donors (Lipinski definition) is 2. The third kappa shape index (κ3) is 5.95. The zero-order chi connectivity index (χ0) is 25.6. The molecule has 0 atom stereocenters. The van der Waals surface area contributed by atoms with Gasteiger partial charge in [-0.05, 0) is 53.9 Å². The molecule has 6 nitrogen and oxygen atoms in total.